The molecule has 0 aliphatic carbocycles. The minimum atomic E-state index is -3.69. The predicted octanol–water partition coefficient (Wildman–Crippen LogP) is 3.19. The Balaban J connectivity index is 0. The Morgan fingerprint density at radius 1 is 0.808 bits per heavy atom. The highest BCUT2D eigenvalue weighted by atomic mass is 32.2. The van der Waals surface area contributed by atoms with Crippen molar-refractivity contribution in [3.8, 4) is 0 Å². The van der Waals surface area contributed by atoms with Gasteiger partial charge in [-0.2, -0.15) is 0 Å². The number of aromatic nitrogens is 1. The number of hydrogen-bond acceptors (Lipinski definition) is 6. The molecule has 2 aromatic heterocycles. The maximum Gasteiger partial charge on any atom is 0.247 e. The molecule has 146 valence electrons. The van der Waals surface area contributed by atoms with Gasteiger partial charge in [-0.05, 0) is 23.6 Å². The third-order valence-corrected chi connectivity index (χ3v) is 5.96. The molecule has 10 heteroatoms. The van der Waals surface area contributed by atoms with Gasteiger partial charge in [-0.25, -0.2) is 27.1 Å². The molecule has 0 unspecified atom stereocenters. The van der Waals surface area contributed by atoms with Gasteiger partial charge in [0.2, 0.25) is 20.0 Å². The van der Waals surface area contributed by atoms with E-state index in [0.717, 1.165) is 16.7 Å². The monoisotopic (exact) mass is 419 g/mol. The van der Waals surface area contributed by atoms with E-state index in [-0.39, 0.29) is 31.4 Å². The molecule has 0 aliphatic rings. The first-order valence-corrected chi connectivity index (χ1v) is 10.1. The maximum atomic E-state index is 11.2. The van der Waals surface area contributed by atoms with Crippen LogP contribution in [-0.4, -0.2) is 21.8 Å². The molecule has 0 bridgehead atoms. The number of benzene rings is 1. The lowest BCUT2D eigenvalue weighted by Gasteiger charge is -2.01. The summed E-state index contributed by atoms with van der Waals surface area (Å²) < 4.78 is 43.5. The molecule has 0 radical (unpaired) electrons. The largest absolute Gasteiger partial charge is 0.255 e. The molecule has 0 saturated heterocycles. The number of fused-ring (bicyclic) bond motifs is 1. The van der Waals surface area contributed by atoms with Crippen molar-refractivity contribution in [1.82, 2.24) is 4.98 Å². The standard InChI is InChI=1S/C9H8N2O2S.C4H5NO2S2.3CH4/c10-14(12,13)8-5-1-3-7-4-2-6-11-9(7)8;5-9(6,7)4-2-1-3-8-4;;;/h1-6H,(H2,10,12,13);1-3H,(H2,5,6,7);3*1H4. The van der Waals surface area contributed by atoms with Crippen LogP contribution in [0.1, 0.15) is 22.3 Å². The first kappa shape index (κ1) is 26.4. The summed E-state index contributed by atoms with van der Waals surface area (Å²) in [5.41, 5.74) is 0.414. The highest BCUT2D eigenvalue weighted by Crippen LogP contribution is 2.18. The number of pyridine rings is 1. The van der Waals surface area contributed by atoms with E-state index in [9.17, 15) is 16.8 Å². The number of hydrogen-bond donors (Lipinski definition) is 2. The molecule has 3 aromatic rings. The van der Waals surface area contributed by atoms with Gasteiger partial charge in [0.05, 0.1) is 5.52 Å². The minimum absolute atomic E-state index is 0. The van der Waals surface area contributed by atoms with Crippen molar-refractivity contribution in [3.63, 3.8) is 0 Å². The fourth-order valence-corrected chi connectivity index (χ4v) is 3.86. The van der Waals surface area contributed by atoms with Gasteiger partial charge in [0.25, 0.3) is 0 Å². The molecule has 0 atom stereocenters. The second-order valence-corrected chi connectivity index (χ2v) is 8.62. The van der Waals surface area contributed by atoms with Gasteiger partial charge >= 0.3 is 0 Å². The van der Waals surface area contributed by atoms with Crippen LogP contribution in [0.3, 0.4) is 0 Å². The fourth-order valence-electron chi connectivity index (χ4n) is 1.73. The van der Waals surface area contributed by atoms with Crippen molar-refractivity contribution in [2.24, 2.45) is 10.3 Å². The van der Waals surface area contributed by atoms with Gasteiger partial charge in [-0.15, -0.1) is 11.3 Å². The summed E-state index contributed by atoms with van der Waals surface area (Å²) in [5.74, 6) is 0. The number of rotatable bonds is 2. The summed E-state index contributed by atoms with van der Waals surface area (Å²) >= 11 is 1.12. The third kappa shape index (κ3) is 6.81. The van der Waals surface area contributed by atoms with Crippen LogP contribution in [0, 0.1) is 0 Å². The number of primary sulfonamides is 2. The molecule has 2 heterocycles. The molecule has 26 heavy (non-hydrogen) atoms. The first-order chi connectivity index (χ1) is 10.7. The molecule has 1 aromatic carbocycles. The van der Waals surface area contributed by atoms with E-state index < -0.39 is 20.0 Å². The van der Waals surface area contributed by atoms with Crippen molar-refractivity contribution >= 4 is 42.3 Å². The Morgan fingerprint density at radius 3 is 1.88 bits per heavy atom. The average molecular weight is 420 g/mol. The molecular weight excluding hydrogens is 394 g/mol. The summed E-state index contributed by atoms with van der Waals surface area (Å²) in [4.78, 5) is 4.05. The predicted molar refractivity (Wildman–Crippen MR) is 109 cm³/mol. The molecule has 7 nitrogen and oxygen atoms in total. The average Bonchev–Trinajstić information content (AvgIpc) is 3.01. The summed E-state index contributed by atoms with van der Waals surface area (Å²) in [7, 11) is -7.13. The van der Waals surface area contributed by atoms with Crippen LogP contribution in [0.4, 0.5) is 0 Å². The van der Waals surface area contributed by atoms with Crippen LogP contribution in [0.15, 0.2) is 63.1 Å². The lowest BCUT2D eigenvalue weighted by Crippen LogP contribution is -2.12. The zero-order chi connectivity index (χ0) is 17.1. The normalized spacial score (nSPS) is 10.4. The summed E-state index contributed by atoms with van der Waals surface area (Å²) in [6.07, 6.45) is 1.54. The Morgan fingerprint density at radius 2 is 1.42 bits per heavy atom. The lowest BCUT2D eigenvalue weighted by molar-refractivity contribution is 0.597. The number of nitrogens with zero attached hydrogens (tertiary/aromatic N) is 1. The van der Waals surface area contributed by atoms with Gasteiger partial charge < -0.3 is 0 Å². The van der Waals surface area contributed by atoms with E-state index in [0.29, 0.717) is 5.52 Å². The highest BCUT2D eigenvalue weighted by Gasteiger charge is 2.12. The molecule has 0 aliphatic heterocycles. The first-order valence-electron chi connectivity index (χ1n) is 6.12. The van der Waals surface area contributed by atoms with Crippen LogP contribution in [0.25, 0.3) is 10.9 Å². The molecule has 0 amide bonds. The Labute approximate surface area is 159 Å². The van der Waals surface area contributed by atoms with Gasteiger partial charge in [0, 0.05) is 11.6 Å². The Bertz CT molecular complexity index is 1010. The van der Waals surface area contributed by atoms with Crippen molar-refractivity contribution in [3.05, 3.63) is 54.0 Å². The molecule has 0 spiro atoms. The van der Waals surface area contributed by atoms with Crippen molar-refractivity contribution in [2.75, 3.05) is 0 Å². The Kier molecular flexibility index (Phi) is 10.5. The second-order valence-electron chi connectivity index (χ2n) is 4.35. The lowest BCUT2D eigenvalue weighted by atomic mass is 10.2. The zero-order valence-corrected chi connectivity index (χ0v) is 14.1. The summed E-state index contributed by atoms with van der Waals surface area (Å²) in [6.45, 7) is 0. The number of thiophene rings is 1. The SMILES string of the molecule is C.C.C.NS(=O)(=O)c1cccc2cccnc12.NS(=O)(=O)c1cccs1. The summed E-state index contributed by atoms with van der Waals surface area (Å²) in [6, 6.07) is 11.5. The van der Waals surface area contributed by atoms with Crippen molar-refractivity contribution < 1.29 is 16.8 Å². The Hall–Kier alpha value is -1.85. The zero-order valence-electron chi connectivity index (χ0n) is 11.7. The van der Waals surface area contributed by atoms with E-state index >= 15 is 0 Å². The smallest absolute Gasteiger partial charge is 0.247 e. The van der Waals surface area contributed by atoms with E-state index in [1.165, 1.54) is 18.3 Å². The van der Waals surface area contributed by atoms with Crippen LogP contribution >= 0.6 is 11.3 Å². The van der Waals surface area contributed by atoms with Gasteiger partial charge in [0.1, 0.15) is 9.10 Å². The molecule has 4 N–H and O–H groups in total. The highest BCUT2D eigenvalue weighted by molar-refractivity contribution is 7.91. The van der Waals surface area contributed by atoms with Crippen LogP contribution in [0.5, 0.6) is 0 Å². The van der Waals surface area contributed by atoms with Gasteiger partial charge in [0.15, 0.2) is 0 Å². The van der Waals surface area contributed by atoms with Gasteiger partial charge in [-0.1, -0.05) is 46.5 Å². The van der Waals surface area contributed by atoms with E-state index in [1.807, 2.05) is 0 Å². The maximum absolute atomic E-state index is 11.2. The van der Waals surface area contributed by atoms with E-state index in [2.05, 4.69) is 4.98 Å². The quantitative estimate of drug-likeness (QED) is 0.658. The third-order valence-electron chi connectivity index (χ3n) is 2.68. The molecule has 3 rings (SSSR count). The van der Waals surface area contributed by atoms with E-state index in [4.69, 9.17) is 10.3 Å². The number of para-hydroxylation sites is 1. The molecule has 0 saturated carbocycles. The number of nitrogens with two attached hydrogens (primary N) is 2. The van der Waals surface area contributed by atoms with Crippen molar-refractivity contribution in [2.45, 2.75) is 31.4 Å². The summed E-state index contributed by atoms with van der Waals surface area (Å²) in [5, 5.41) is 12.3. The molecule has 0 fully saturated rings. The topological polar surface area (TPSA) is 133 Å². The van der Waals surface area contributed by atoms with Crippen LogP contribution < -0.4 is 10.3 Å². The second kappa shape index (κ2) is 10.3. The van der Waals surface area contributed by atoms with Crippen molar-refractivity contribution in [1.29, 1.82) is 0 Å². The van der Waals surface area contributed by atoms with E-state index in [1.54, 1.807) is 35.7 Å². The van der Waals surface area contributed by atoms with Crippen LogP contribution in [0.2, 0.25) is 0 Å². The van der Waals surface area contributed by atoms with Gasteiger partial charge in [-0.3, -0.25) is 4.98 Å². The number of sulfonamides is 2. The molecular formula is C16H25N3O4S3. The fraction of sp³-hybridized carbons (Fsp3) is 0.188. The van der Waals surface area contributed by atoms with Crippen LogP contribution in [-0.2, 0) is 20.0 Å². The minimum Gasteiger partial charge on any atom is -0.255 e.